The third-order valence-electron chi connectivity index (χ3n) is 1.77. The van der Waals surface area contributed by atoms with Crippen molar-refractivity contribution in [3.63, 3.8) is 0 Å². The van der Waals surface area contributed by atoms with E-state index in [0.29, 0.717) is 12.5 Å². The summed E-state index contributed by atoms with van der Waals surface area (Å²) in [6.07, 6.45) is 2.05. The minimum Gasteiger partial charge on any atom is -0.467 e. The van der Waals surface area contributed by atoms with E-state index in [1.165, 1.54) is 7.11 Å². The second-order valence-corrected chi connectivity index (χ2v) is 2.77. The van der Waals surface area contributed by atoms with Crippen LogP contribution in [0.3, 0.4) is 0 Å². The molecule has 68 valence electrons. The molecule has 3 nitrogen and oxygen atoms in total. The van der Waals surface area contributed by atoms with Crippen LogP contribution in [0.15, 0.2) is 11.6 Å². The van der Waals surface area contributed by atoms with Crippen molar-refractivity contribution in [1.82, 2.24) is 0 Å². The number of ether oxygens (including phenoxy) is 2. The minimum absolute atomic E-state index is 0.344. The molecule has 1 heterocycles. The van der Waals surface area contributed by atoms with Crippen LogP contribution in [0.4, 0.5) is 0 Å². The molecule has 0 aliphatic carbocycles. The highest BCUT2D eigenvalue weighted by atomic mass is 35.5. The maximum absolute atomic E-state index is 11.1. The highest BCUT2D eigenvalue weighted by Crippen LogP contribution is 2.20. The Balaban J connectivity index is 2.63. The van der Waals surface area contributed by atoms with Crippen molar-refractivity contribution >= 4 is 17.6 Å². The largest absolute Gasteiger partial charge is 0.467 e. The monoisotopic (exact) mass is 190 g/mol. The van der Waals surface area contributed by atoms with Gasteiger partial charge in [-0.15, -0.1) is 11.6 Å². The molecule has 4 heteroatoms. The first kappa shape index (κ1) is 9.55. The Hall–Kier alpha value is -0.540. The lowest BCUT2D eigenvalue weighted by atomic mass is 10.1. The lowest BCUT2D eigenvalue weighted by molar-refractivity contribution is -0.149. The van der Waals surface area contributed by atoms with Crippen LogP contribution in [0.5, 0.6) is 0 Å². The van der Waals surface area contributed by atoms with Gasteiger partial charge in [0.1, 0.15) is 0 Å². The molecule has 0 bridgehead atoms. The number of esters is 1. The van der Waals surface area contributed by atoms with Gasteiger partial charge in [-0.25, -0.2) is 4.79 Å². The fraction of sp³-hybridized carbons (Fsp3) is 0.625. The molecule has 0 aromatic heterocycles. The Labute approximate surface area is 76.3 Å². The van der Waals surface area contributed by atoms with E-state index in [0.717, 1.165) is 12.0 Å². The molecular weight excluding hydrogens is 180 g/mol. The van der Waals surface area contributed by atoms with Crippen molar-refractivity contribution in [3.05, 3.63) is 11.6 Å². The first-order valence-electron chi connectivity index (χ1n) is 3.74. The van der Waals surface area contributed by atoms with Gasteiger partial charge in [0, 0.05) is 5.88 Å². The number of carbonyl (C=O) groups excluding carboxylic acids is 1. The molecule has 0 amide bonds. The summed E-state index contributed by atoms with van der Waals surface area (Å²) in [6, 6.07) is 0. The SMILES string of the molecule is COC(=O)C1OCC/C1=C/CCl. The Morgan fingerprint density at radius 2 is 2.67 bits per heavy atom. The fourth-order valence-corrected chi connectivity index (χ4v) is 1.37. The van der Waals surface area contributed by atoms with Gasteiger partial charge in [-0.05, 0) is 12.0 Å². The predicted molar refractivity (Wildman–Crippen MR) is 45.2 cm³/mol. The number of alkyl halides is 1. The van der Waals surface area contributed by atoms with Gasteiger partial charge in [0.2, 0.25) is 0 Å². The van der Waals surface area contributed by atoms with Crippen molar-refractivity contribution in [2.75, 3.05) is 19.6 Å². The summed E-state index contributed by atoms with van der Waals surface area (Å²) >= 11 is 5.51. The Morgan fingerprint density at radius 3 is 3.25 bits per heavy atom. The number of carbonyl (C=O) groups is 1. The summed E-state index contributed by atoms with van der Waals surface area (Å²) in [5.74, 6) is 0.0653. The number of allylic oxidation sites excluding steroid dienone is 1. The number of hydrogen-bond acceptors (Lipinski definition) is 3. The van der Waals surface area contributed by atoms with Crippen molar-refractivity contribution in [2.45, 2.75) is 12.5 Å². The summed E-state index contributed by atoms with van der Waals surface area (Å²) in [4.78, 5) is 11.1. The topological polar surface area (TPSA) is 35.5 Å². The summed E-state index contributed by atoms with van der Waals surface area (Å²) in [5.41, 5.74) is 0.928. The predicted octanol–water partition coefficient (Wildman–Crippen LogP) is 1.11. The number of halogens is 1. The second-order valence-electron chi connectivity index (χ2n) is 2.46. The van der Waals surface area contributed by atoms with E-state index >= 15 is 0 Å². The zero-order valence-corrected chi connectivity index (χ0v) is 7.63. The highest BCUT2D eigenvalue weighted by Gasteiger charge is 2.28. The van der Waals surface area contributed by atoms with E-state index in [4.69, 9.17) is 16.3 Å². The second kappa shape index (κ2) is 4.48. The van der Waals surface area contributed by atoms with Crippen LogP contribution in [0.1, 0.15) is 6.42 Å². The van der Waals surface area contributed by atoms with Crippen LogP contribution in [0.25, 0.3) is 0 Å². The smallest absolute Gasteiger partial charge is 0.339 e. The van der Waals surface area contributed by atoms with Crippen molar-refractivity contribution in [2.24, 2.45) is 0 Å². The first-order valence-corrected chi connectivity index (χ1v) is 4.27. The zero-order valence-electron chi connectivity index (χ0n) is 6.88. The van der Waals surface area contributed by atoms with Crippen LogP contribution in [-0.4, -0.2) is 31.7 Å². The minimum atomic E-state index is -0.520. The number of methoxy groups -OCH3 is 1. The summed E-state index contributed by atoms with van der Waals surface area (Å²) in [5, 5.41) is 0. The normalized spacial score (nSPS) is 26.2. The van der Waals surface area contributed by atoms with Gasteiger partial charge in [-0.3, -0.25) is 0 Å². The van der Waals surface area contributed by atoms with Gasteiger partial charge in [-0.1, -0.05) is 6.08 Å². The summed E-state index contributed by atoms with van der Waals surface area (Å²) < 4.78 is 9.73. The first-order chi connectivity index (χ1) is 5.79. The Bertz CT molecular complexity index is 200. The van der Waals surface area contributed by atoms with Crippen molar-refractivity contribution in [1.29, 1.82) is 0 Å². The van der Waals surface area contributed by atoms with Crippen molar-refractivity contribution in [3.8, 4) is 0 Å². The average Bonchev–Trinajstić information content (AvgIpc) is 2.52. The van der Waals surface area contributed by atoms with E-state index < -0.39 is 6.10 Å². The third kappa shape index (κ3) is 1.99. The molecule has 1 rings (SSSR count). The van der Waals surface area contributed by atoms with E-state index in [1.807, 2.05) is 0 Å². The lowest BCUT2D eigenvalue weighted by Gasteiger charge is -2.07. The summed E-state index contributed by atoms with van der Waals surface area (Å²) in [7, 11) is 1.35. The number of hydrogen-bond donors (Lipinski definition) is 0. The molecule has 0 aromatic carbocycles. The molecule has 0 spiro atoms. The molecule has 0 N–H and O–H groups in total. The zero-order chi connectivity index (χ0) is 8.97. The maximum atomic E-state index is 11.1. The van der Waals surface area contributed by atoms with Gasteiger partial charge in [0.25, 0.3) is 0 Å². The molecule has 0 aromatic rings. The van der Waals surface area contributed by atoms with Gasteiger partial charge in [-0.2, -0.15) is 0 Å². The molecule has 1 saturated heterocycles. The lowest BCUT2D eigenvalue weighted by Crippen LogP contribution is -2.22. The van der Waals surface area contributed by atoms with E-state index in [2.05, 4.69) is 4.74 Å². The third-order valence-corrected chi connectivity index (χ3v) is 1.92. The highest BCUT2D eigenvalue weighted by molar-refractivity contribution is 6.19. The molecule has 1 aliphatic rings. The molecular formula is C8H11ClO3. The van der Waals surface area contributed by atoms with E-state index in [1.54, 1.807) is 6.08 Å². The van der Waals surface area contributed by atoms with Crippen LogP contribution in [-0.2, 0) is 14.3 Å². The van der Waals surface area contributed by atoms with Crippen LogP contribution < -0.4 is 0 Å². The Kier molecular flexibility index (Phi) is 3.56. The molecule has 1 aliphatic heterocycles. The maximum Gasteiger partial charge on any atom is 0.339 e. The molecule has 1 atom stereocenters. The standard InChI is InChI=1S/C8H11ClO3/c1-11-8(10)7-6(2-4-9)3-5-12-7/h2,7H,3-5H2,1H3/b6-2-. The van der Waals surface area contributed by atoms with Gasteiger partial charge in [0.05, 0.1) is 13.7 Å². The van der Waals surface area contributed by atoms with Gasteiger partial charge in [0.15, 0.2) is 6.10 Å². The fourth-order valence-electron chi connectivity index (χ4n) is 1.17. The van der Waals surface area contributed by atoms with Gasteiger partial charge >= 0.3 is 5.97 Å². The summed E-state index contributed by atoms with van der Waals surface area (Å²) in [6.45, 7) is 0.572. The van der Waals surface area contributed by atoms with Crippen LogP contribution in [0.2, 0.25) is 0 Å². The van der Waals surface area contributed by atoms with E-state index in [-0.39, 0.29) is 5.97 Å². The molecule has 12 heavy (non-hydrogen) atoms. The van der Waals surface area contributed by atoms with Crippen LogP contribution in [0, 0.1) is 0 Å². The quantitative estimate of drug-likeness (QED) is 0.372. The molecule has 0 saturated carbocycles. The van der Waals surface area contributed by atoms with E-state index in [9.17, 15) is 4.79 Å². The Morgan fingerprint density at radius 1 is 1.92 bits per heavy atom. The molecule has 1 unspecified atom stereocenters. The van der Waals surface area contributed by atoms with Gasteiger partial charge < -0.3 is 9.47 Å². The van der Waals surface area contributed by atoms with Crippen molar-refractivity contribution < 1.29 is 14.3 Å². The molecule has 0 radical (unpaired) electrons. The van der Waals surface area contributed by atoms with Crippen LogP contribution >= 0.6 is 11.6 Å². The number of rotatable bonds is 2. The molecule has 1 fully saturated rings. The average molecular weight is 191 g/mol.